The predicted octanol–water partition coefficient (Wildman–Crippen LogP) is 4.44. The molecule has 3 fully saturated rings. The number of likely N-dealkylation sites (tertiary alicyclic amines) is 1. The summed E-state index contributed by atoms with van der Waals surface area (Å²) in [4.78, 5) is 20.6. The number of H-pyrrole nitrogens is 1. The molecular weight excluding hydrogens is 530 g/mol. The van der Waals surface area contributed by atoms with E-state index in [-0.39, 0.29) is 0 Å². The van der Waals surface area contributed by atoms with E-state index in [0.29, 0.717) is 6.04 Å². The van der Waals surface area contributed by atoms with E-state index < -0.39 is 0 Å². The summed E-state index contributed by atoms with van der Waals surface area (Å²) < 4.78 is 6.20. The van der Waals surface area contributed by atoms with Gasteiger partial charge in [-0.1, -0.05) is 0 Å². The Labute approximate surface area is 227 Å². The lowest BCUT2D eigenvalue weighted by atomic mass is 10.0. The number of hydrogen-bond donors (Lipinski definition) is 2. The second-order valence-corrected chi connectivity index (χ2v) is 11.6. The number of methoxy groups -OCH3 is 1. The van der Waals surface area contributed by atoms with Crippen LogP contribution < -0.4 is 10.2 Å². The highest BCUT2D eigenvalue weighted by Crippen LogP contribution is 2.34. The number of halogens is 1. The van der Waals surface area contributed by atoms with Crippen LogP contribution in [0.3, 0.4) is 0 Å². The Bertz CT molecular complexity index is 1180. The lowest BCUT2D eigenvalue weighted by molar-refractivity contribution is 0.144. The maximum atomic E-state index is 5.22. The molecule has 0 bridgehead atoms. The van der Waals surface area contributed by atoms with Crippen molar-refractivity contribution in [2.24, 2.45) is 5.92 Å². The van der Waals surface area contributed by atoms with Crippen molar-refractivity contribution in [2.75, 3.05) is 76.3 Å². The number of benzene rings is 1. The number of hydrogen-bond acceptors (Lipinski definition) is 7. The normalized spacial score (nSPS) is 20.1. The van der Waals surface area contributed by atoms with Crippen LogP contribution in [0.15, 0.2) is 34.9 Å². The molecule has 1 saturated carbocycles. The fourth-order valence-corrected chi connectivity index (χ4v) is 6.02. The topological polar surface area (TPSA) is 72.6 Å². The smallest absolute Gasteiger partial charge is 0.159 e. The first-order valence-electron chi connectivity index (χ1n) is 13.8. The summed E-state index contributed by atoms with van der Waals surface area (Å²) in [5.74, 6) is 1.82. The summed E-state index contributed by atoms with van der Waals surface area (Å²) in [6, 6.07) is 9.23. The molecule has 0 radical (unpaired) electrons. The van der Waals surface area contributed by atoms with E-state index in [1.54, 1.807) is 7.11 Å². The molecule has 3 aromatic rings. The number of pyridine rings is 1. The summed E-state index contributed by atoms with van der Waals surface area (Å²) >= 11 is 3.73. The predicted molar refractivity (Wildman–Crippen MR) is 153 cm³/mol. The van der Waals surface area contributed by atoms with Gasteiger partial charge in [0, 0.05) is 83.0 Å². The zero-order valence-electron chi connectivity index (χ0n) is 21.8. The van der Waals surface area contributed by atoms with Crippen LogP contribution in [-0.2, 0) is 4.74 Å². The molecule has 1 aromatic carbocycles. The molecule has 0 amide bonds. The third-order valence-corrected chi connectivity index (χ3v) is 8.71. The highest BCUT2D eigenvalue weighted by atomic mass is 79.9. The van der Waals surface area contributed by atoms with Gasteiger partial charge in [0.2, 0.25) is 0 Å². The summed E-state index contributed by atoms with van der Waals surface area (Å²) in [6.07, 6.45) is 7.07. The maximum Gasteiger partial charge on any atom is 0.159 e. The number of aromatic nitrogens is 3. The van der Waals surface area contributed by atoms with Crippen molar-refractivity contribution in [3.63, 3.8) is 0 Å². The van der Waals surface area contributed by atoms with Crippen molar-refractivity contribution in [2.45, 2.75) is 31.7 Å². The van der Waals surface area contributed by atoms with Gasteiger partial charge in [-0.15, -0.1) is 0 Å². The van der Waals surface area contributed by atoms with Crippen molar-refractivity contribution in [3.05, 3.63) is 34.9 Å². The van der Waals surface area contributed by atoms with Gasteiger partial charge in [0.1, 0.15) is 11.3 Å². The van der Waals surface area contributed by atoms with Crippen molar-refractivity contribution < 1.29 is 4.74 Å². The zero-order valence-corrected chi connectivity index (χ0v) is 23.3. The lowest BCUT2D eigenvalue weighted by Gasteiger charge is -2.36. The van der Waals surface area contributed by atoms with Crippen molar-refractivity contribution >= 4 is 38.5 Å². The SMILES string of the molecule is COCCN1CCN(c2ccc(-c3nc4c(NC5CCN(CC6CC6)CC5)c(Br)cnc4[nH]3)cc2)CC1. The number of piperidine rings is 1. The van der Waals surface area contributed by atoms with Crippen LogP contribution in [-0.4, -0.2) is 96.9 Å². The first kappa shape index (κ1) is 25.1. The second kappa shape index (κ2) is 11.3. The first-order chi connectivity index (χ1) is 18.2. The molecule has 0 spiro atoms. The molecule has 2 N–H and O–H groups in total. The average molecular weight is 569 g/mol. The van der Waals surface area contributed by atoms with Gasteiger partial charge in [-0.25, -0.2) is 9.97 Å². The Morgan fingerprint density at radius 1 is 1.00 bits per heavy atom. The molecule has 4 heterocycles. The Morgan fingerprint density at radius 2 is 1.76 bits per heavy atom. The Balaban J connectivity index is 1.12. The quantitative estimate of drug-likeness (QED) is 0.396. The molecule has 6 rings (SSSR count). The molecule has 37 heavy (non-hydrogen) atoms. The van der Waals surface area contributed by atoms with Crippen LogP contribution >= 0.6 is 15.9 Å². The van der Waals surface area contributed by atoms with E-state index >= 15 is 0 Å². The number of nitrogens with zero attached hydrogens (tertiary/aromatic N) is 5. The van der Waals surface area contributed by atoms with Gasteiger partial charge in [0.15, 0.2) is 5.65 Å². The summed E-state index contributed by atoms with van der Waals surface area (Å²) in [6.45, 7) is 9.70. The molecule has 8 nitrogen and oxygen atoms in total. The van der Waals surface area contributed by atoms with Crippen LogP contribution in [0.2, 0.25) is 0 Å². The second-order valence-electron chi connectivity index (χ2n) is 10.8. The van der Waals surface area contributed by atoms with E-state index in [4.69, 9.17) is 9.72 Å². The Morgan fingerprint density at radius 3 is 2.46 bits per heavy atom. The van der Waals surface area contributed by atoms with Gasteiger partial charge in [-0.2, -0.15) is 0 Å². The van der Waals surface area contributed by atoms with E-state index in [0.717, 1.165) is 78.0 Å². The largest absolute Gasteiger partial charge is 0.383 e. The Hall–Kier alpha value is -2.20. The van der Waals surface area contributed by atoms with E-state index in [9.17, 15) is 0 Å². The minimum atomic E-state index is 0.465. The van der Waals surface area contributed by atoms with Crippen LogP contribution in [0.25, 0.3) is 22.6 Å². The minimum Gasteiger partial charge on any atom is -0.383 e. The fourth-order valence-electron chi connectivity index (χ4n) is 5.61. The molecule has 1 aliphatic carbocycles. The highest BCUT2D eigenvalue weighted by Gasteiger charge is 2.27. The fraction of sp³-hybridized carbons (Fsp3) is 0.571. The number of rotatable bonds is 9. The Kier molecular flexibility index (Phi) is 7.65. The van der Waals surface area contributed by atoms with Gasteiger partial charge in [-0.05, 0) is 71.8 Å². The lowest BCUT2D eigenvalue weighted by Crippen LogP contribution is -2.47. The molecule has 2 saturated heterocycles. The number of anilines is 2. The van der Waals surface area contributed by atoms with Gasteiger partial charge in [0.25, 0.3) is 0 Å². The standard InChI is InChI=1S/C28H38BrN7O/c1-37-17-16-34-12-14-36(15-13-34)23-6-4-21(5-7-23)27-32-26-25(24(29)18-30-28(26)33-27)31-22-8-10-35(11-9-22)19-20-2-3-20/h4-7,18,20,22H,2-3,8-17,19H2,1H3,(H2,30,31,32,33). The molecule has 0 atom stereocenters. The summed E-state index contributed by atoms with van der Waals surface area (Å²) in [5, 5.41) is 3.80. The van der Waals surface area contributed by atoms with Gasteiger partial charge in [-0.3, -0.25) is 4.90 Å². The van der Waals surface area contributed by atoms with Crippen LogP contribution in [0.5, 0.6) is 0 Å². The van der Waals surface area contributed by atoms with Crippen molar-refractivity contribution in [1.29, 1.82) is 0 Å². The third kappa shape index (κ3) is 5.95. The molecular formula is C28H38BrN7O. The van der Waals surface area contributed by atoms with Gasteiger partial charge >= 0.3 is 0 Å². The number of fused-ring (bicyclic) bond motifs is 1. The number of ether oxygens (including phenoxy) is 1. The van der Waals surface area contributed by atoms with Gasteiger partial charge in [0.05, 0.1) is 16.8 Å². The van der Waals surface area contributed by atoms with E-state index in [2.05, 4.69) is 70.2 Å². The molecule has 2 aliphatic heterocycles. The maximum absolute atomic E-state index is 5.22. The molecule has 3 aliphatic rings. The molecule has 9 heteroatoms. The van der Waals surface area contributed by atoms with Crippen LogP contribution in [0.4, 0.5) is 11.4 Å². The minimum absolute atomic E-state index is 0.465. The summed E-state index contributed by atoms with van der Waals surface area (Å²) in [5.41, 5.74) is 5.12. The molecule has 0 unspecified atom stereocenters. The van der Waals surface area contributed by atoms with Gasteiger partial charge < -0.3 is 24.8 Å². The monoisotopic (exact) mass is 567 g/mol. The number of nitrogens with one attached hydrogen (secondary N) is 2. The van der Waals surface area contributed by atoms with Crippen LogP contribution in [0, 0.1) is 5.92 Å². The third-order valence-electron chi connectivity index (χ3n) is 8.11. The molecule has 198 valence electrons. The van der Waals surface area contributed by atoms with Crippen molar-refractivity contribution in [1.82, 2.24) is 24.8 Å². The van der Waals surface area contributed by atoms with Crippen LogP contribution in [0.1, 0.15) is 25.7 Å². The number of piperazine rings is 1. The van der Waals surface area contributed by atoms with E-state index in [1.807, 2.05) is 6.20 Å². The zero-order chi connectivity index (χ0) is 25.2. The van der Waals surface area contributed by atoms with E-state index in [1.165, 1.54) is 51.0 Å². The highest BCUT2D eigenvalue weighted by molar-refractivity contribution is 9.10. The average Bonchev–Trinajstić information content (AvgIpc) is 3.65. The number of imidazole rings is 1. The molecule has 2 aromatic heterocycles. The number of aromatic amines is 1. The first-order valence-corrected chi connectivity index (χ1v) is 14.6. The van der Waals surface area contributed by atoms with Crippen molar-refractivity contribution in [3.8, 4) is 11.4 Å². The summed E-state index contributed by atoms with van der Waals surface area (Å²) in [7, 11) is 1.77.